The van der Waals surface area contributed by atoms with Gasteiger partial charge in [-0.2, -0.15) is 0 Å². The normalized spacial score (nSPS) is 24.8. The predicted molar refractivity (Wildman–Crippen MR) is 147 cm³/mol. The Morgan fingerprint density at radius 3 is 2.15 bits per heavy atom. The van der Waals surface area contributed by atoms with Crippen molar-refractivity contribution in [2.75, 3.05) is 62.2 Å². The molecule has 0 atom stereocenters. The summed E-state index contributed by atoms with van der Waals surface area (Å²) in [4.78, 5) is 8.04. The molecule has 192 valence electrons. The SMILES string of the molecule is CCOC1CCN(c2ccc(N3CCN(CC4CC4)CC3)c(C3CCC(C)(C)CC3)c2)CC1.Cl. The van der Waals surface area contributed by atoms with E-state index in [0.717, 1.165) is 44.4 Å². The molecule has 4 nitrogen and oxygen atoms in total. The molecule has 2 aliphatic heterocycles. The third-order valence-electron chi connectivity index (χ3n) is 8.93. The zero-order valence-corrected chi connectivity index (χ0v) is 22.8. The van der Waals surface area contributed by atoms with Crippen molar-refractivity contribution in [3.05, 3.63) is 23.8 Å². The molecule has 1 aromatic rings. The zero-order valence-electron chi connectivity index (χ0n) is 21.9. The van der Waals surface area contributed by atoms with Crippen molar-refractivity contribution in [2.24, 2.45) is 11.3 Å². The number of ether oxygens (including phenoxy) is 1. The number of benzene rings is 1. The molecule has 2 saturated heterocycles. The fraction of sp³-hybridized carbons (Fsp3) is 0.793. The Labute approximate surface area is 214 Å². The van der Waals surface area contributed by atoms with Gasteiger partial charge in [-0.3, -0.25) is 4.90 Å². The predicted octanol–water partition coefficient (Wildman–Crippen LogP) is 6.33. The number of halogens is 1. The number of nitrogens with zero attached hydrogens (tertiary/aromatic N) is 3. The van der Waals surface area contributed by atoms with Crippen LogP contribution in [0.2, 0.25) is 0 Å². The lowest BCUT2D eigenvalue weighted by Gasteiger charge is -2.41. The van der Waals surface area contributed by atoms with E-state index in [9.17, 15) is 0 Å². The molecule has 34 heavy (non-hydrogen) atoms. The second kappa shape index (κ2) is 11.4. The number of hydrogen-bond acceptors (Lipinski definition) is 4. The van der Waals surface area contributed by atoms with E-state index in [1.807, 2.05) is 0 Å². The van der Waals surface area contributed by atoms with Crippen LogP contribution in [0.5, 0.6) is 0 Å². The maximum absolute atomic E-state index is 5.90. The van der Waals surface area contributed by atoms with Crippen LogP contribution in [-0.2, 0) is 4.74 Å². The Hall–Kier alpha value is -0.970. The van der Waals surface area contributed by atoms with E-state index in [0.29, 0.717) is 11.5 Å². The highest BCUT2D eigenvalue weighted by Crippen LogP contribution is 2.46. The van der Waals surface area contributed by atoms with Gasteiger partial charge >= 0.3 is 0 Å². The molecule has 0 unspecified atom stereocenters. The summed E-state index contributed by atoms with van der Waals surface area (Å²) in [5.41, 5.74) is 5.15. The molecule has 0 aromatic heterocycles. The molecular weight excluding hydrogens is 442 g/mol. The lowest BCUT2D eigenvalue weighted by atomic mass is 9.71. The highest BCUT2D eigenvalue weighted by Gasteiger charge is 2.32. The van der Waals surface area contributed by atoms with Crippen LogP contribution < -0.4 is 9.80 Å². The molecule has 0 bridgehead atoms. The van der Waals surface area contributed by atoms with Crippen molar-refractivity contribution in [1.82, 2.24) is 4.90 Å². The Kier molecular flexibility index (Phi) is 8.75. The van der Waals surface area contributed by atoms with Crippen molar-refractivity contribution in [1.29, 1.82) is 0 Å². The summed E-state index contributed by atoms with van der Waals surface area (Å²) < 4.78 is 5.90. The summed E-state index contributed by atoms with van der Waals surface area (Å²) >= 11 is 0. The van der Waals surface area contributed by atoms with Gasteiger partial charge in [0, 0.05) is 63.8 Å². The largest absolute Gasteiger partial charge is 0.378 e. The van der Waals surface area contributed by atoms with Crippen LogP contribution >= 0.6 is 12.4 Å². The average molecular weight is 490 g/mol. The molecule has 4 aliphatic rings. The minimum absolute atomic E-state index is 0. The minimum atomic E-state index is 0. The van der Waals surface area contributed by atoms with E-state index in [2.05, 4.69) is 53.7 Å². The second-order valence-electron chi connectivity index (χ2n) is 12.1. The monoisotopic (exact) mass is 489 g/mol. The highest BCUT2D eigenvalue weighted by molar-refractivity contribution is 5.85. The molecule has 0 spiro atoms. The molecule has 0 amide bonds. The minimum Gasteiger partial charge on any atom is -0.378 e. The molecular formula is C29H48ClN3O. The Morgan fingerprint density at radius 1 is 0.853 bits per heavy atom. The lowest BCUT2D eigenvalue weighted by Crippen LogP contribution is -2.47. The summed E-state index contributed by atoms with van der Waals surface area (Å²) in [6.07, 6.45) is 11.1. The fourth-order valence-corrected chi connectivity index (χ4v) is 6.42. The molecule has 2 aliphatic carbocycles. The van der Waals surface area contributed by atoms with Crippen molar-refractivity contribution in [2.45, 2.75) is 84.2 Å². The Bertz CT molecular complexity index is 770. The fourth-order valence-electron chi connectivity index (χ4n) is 6.42. The smallest absolute Gasteiger partial charge is 0.0608 e. The third-order valence-corrected chi connectivity index (χ3v) is 8.93. The molecule has 1 aromatic carbocycles. The maximum Gasteiger partial charge on any atom is 0.0608 e. The van der Waals surface area contributed by atoms with Gasteiger partial charge in [0.1, 0.15) is 0 Å². The van der Waals surface area contributed by atoms with E-state index in [1.165, 1.54) is 76.9 Å². The van der Waals surface area contributed by atoms with Gasteiger partial charge in [-0.05, 0) is 99.3 Å². The van der Waals surface area contributed by atoms with Crippen molar-refractivity contribution in [3.63, 3.8) is 0 Å². The first kappa shape index (κ1) is 26.1. The van der Waals surface area contributed by atoms with Crippen molar-refractivity contribution in [3.8, 4) is 0 Å². The number of rotatable bonds is 7. The number of anilines is 2. The second-order valence-corrected chi connectivity index (χ2v) is 12.1. The lowest BCUT2D eigenvalue weighted by molar-refractivity contribution is 0.0459. The number of piperidine rings is 1. The first-order valence-corrected chi connectivity index (χ1v) is 14.0. The highest BCUT2D eigenvalue weighted by atomic mass is 35.5. The van der Waals surface area contributed by atoms with Gasteiger partial charge < -0.3 is 14.5 Å². The van der Waals surface area contributed by atoms with Crippen LogP contribution in [-0.4, -0.2) is 63.4 Å². The van der Waals surface area contributed by atoms with E-state index in [1.54, 1.807) is 11.3 Å². The van der Waals surface area contributed by atoms with Crippen LogP contribution in [0, 0.1) is 11.3 Å². The Balaban J connectivity index is 0.00000274. The van der Waals surface area contributed by atoms with E-state index < -0.39 is 0 Å². The number of piperazine rings is 1. The standard InChI is InChI=1S/C29H47N3O.ClH/c1-4-33-26-11-15-31(16-12-26)25-7-8-28(27(21-25)24-9-13-29(2,3)14-10-24)32-19-17-30(18-20-32)22-23-5-6-23;/h7-8,21,23-24,26H,4-6,9-20,22H2,1-3H3;1H. The van der Waals surface area contributed by atoms with E-state index in [4.69, 9.17) is 4.74 Å². The van der Waals surface area contributed by atoms with Crippen LogP contribution in [0.25, 0.3) is 0 Å². The summed E-state index contributed by atoms with van der Waals surface area (Å²) in [6.45, 7) is 16.3. The van der Waals surface area contributed by atoms with Crippen molar-refractivity contribution >= 4 is 23.8 Å². The molecule has 0 N–H and O–H groups in total. The van der Waals surface area contributed by atoms with Crippen LogP contribution in [0.3, 0.4) is 0 Å². The summed E-state index contributed by atoms with van der Waals surface area (Å²) in [7, 11) is 0. The van der Waals surface area contributed by atoms with Crippen molar-refractivity contribution < 1.29 is 4.74 Å². The molecule has 0 radical (unpaired) electrons. The summed E-state index contributed by atoms with van der Waals surface area (Å²) in [6, 6.07) is 7.49. The van der Waals surface area contributed by atoms with Gasteiger partial charge in [0.25, 0.3) is 0 Å². The van der Waals surface area contributed by atoms with Gasteiger partial charge in [-0.15, -0.1) is 12.4 Å². The van der Waals surface area contributed by atoms with Gasteiger partial charge in [-0.25, -0.2) is 0 Å². The summed E-state index contributed by atoms with van der Waals surface area (Å²) in [5, 5.41) is 0. The van der Waals surface area contributed by atoms with Gasteiger partial charge in [0.05, 0.1) is 6.10 Å². The molecule has 2 saturated carbocycles. The topological polar surface area (TPSA) is 19.0 Å². The number of hydrogen-bond donors (Lipinski definition) is 0. The van der Waals surface area contributed by atoms with E-state index >= 15 is 0 Å². The molecule has 2 heterocycles. The first-order chi connectivity index (χ1) is 16.0. The maximum atomic E-state index is 5.90. The third kappa shape index (κ3) is 6.42. The van der Waals surface area contributed by atoms with Crippen LogP contribution in [0.4, 0.5) is 11.4 Å². The first-order valence-electron chi connectivity index (χ1n) is 14.0. The zero-order chi connectivity index (χ0) is 22.8. The molecule has 5 rings (SSSR count). The van der Waals surface area contributed by atoms with Gasteiger partial charge in [0.15, 0.2) is 0 Å². The van der Waals surface area contributed by atoms with Gasteiger partial charge in [0.2, 0.25) is 0 Å². The quantitative estimate of drug-likeness (QED) is 0.445. The summed E-state index contributed by atoms with van der Waals surface area (Å²) in [5.74, 6) is 1.72. The van der Waals surface area contributed by atoms with E-state index in [-0.39, 0.29) is 12.4 Å². The van der Waals surface area contributed by atoms with Crippen LogP contribution in [0.15, 0.2) is 18.2 Å². The molecule has 4 fully saturated rings. The molecule has 5 heteroatoms. The van der Waals surface area contributed by atoms with Crippen LogP contribution in [0.1, 0.15) is 83.6 Å². The van der Waals surface area contributed by atoms with Gasteiger partial charge in [-0.1, -0.05) is 13.8 Å². The Morgan fingerprint density at radius 2 is 1.53 bits per heavy atom. The average Bonchev–Trinajstić information content (AvgIpc) is 3.64.